The molecule has 0 fully saturated rings. The summed E-state index contributed by atoms with van der Waals surface area (Å²) in [4.78, 5) is 14.8. The zero-order valence-corrected chi connectivity index (χ0v) is 14.5. The van der Waals surface area contributed by atoms with E-state index in [0.29, 0.717) is 18.8 Å². The summed E-state index contributed by atoms with van der Waals surface area (Å²) >= 11 is 0. The molecule has 1 N–H and O–H groups in total. The monoisotopic (exact) mass is 335 g/mol. The number of rotatable bonds is 3. The normalized spacial score (nSPS) is 13.8. The average molecular weight is 335 g/mol. The lowest BCUT2D eigenvalue weighted by Crippen LogP contribution is -2.37. The molecule has 0 saturated carbocycles. The van der Waals surface area contributed by atoms with Gasteiger partial charge in [-0.2, -0.15) is 10.2 Å². The van der Waals surface area contributed by atoms with Crippen molar-refractivity contribution in [2.24, 2.45) is 7.05 Å². The summed E-state index contributed by atoms with van der Waals surface area (Å²) in [5, 5.41) is 11.9. The van der Waals surface area contributed by atoms with Gasteiger partial charge < -0.3 is 4.90 Å². The van der Waals surface area contributed by atoms with E-state index in [9.17, 15) is 4.79 Å². The molecule has 3 heterocycles. The molecule has 1 amide bonds. The fraction of sp³-hybridized carbons (Fsp3) is 0.316. The van der Waals surface area contributed by atoms with Gasteiger partial charge in [-0.1, -0.05) is 30.3 Å². The van der Waals surface area contributed by atoms with E-state index in [1.807, 2.05) is 43.1 Å². The molecule has 0 spiro atoms. The maximum Gasteiger partial charge on any atom is 0.272 e. The molecule has 4 rings (SSSR count). The maximum absolute atomic E-state index is 12.9. The van der Waals surface area contributed by atoms with Gasteiger partial charge in [0, 0.05) is 44.2 Å². The van der Waals surface area contributed by atoms with Crippen LogP contribution in [0.5, 0.6) is 0 Å². The number of fused-ring (bicyclic) bond motifs is 1. The number of aromatic amines is 1. The zero-order valence-electron chi connectivity index (χ0n) is 14.5. The number of nitrogens with one attached hydrogen (secondary N) is 1. The molecule has 0 saturated heterocycles. The summed E-state index contributed by atoms with van der Waals surface area (Å²) in [5.74, 6) is 0.0283. The van der Waals surface area contributed by atoms with Crippen LogP contribution in [0.3, 0.4) is 0 Å². The molecular weight excluding hydrogens is 314 g/mol. The molecule has 6 nitrogen and oxygen atoms in total. The minimum Gasteiger partial charge on any atom is -0.332 e. The van der Waals surface area contributed by atoms with E-state index in [-0.39, 0.29) is 5.91 Å². The van der Waals surface area contributed by atoms with Gasteiger partial charge in [-0.15, -0.1) is 0 Å². The van der Waals surface area contributed by atoms with Crippen LogP contribution in [-0.4, -0.2) is 37.3 Å². The van der Waals surface area contributed by atoms with Crippen molar-refractivity contribution in [3.8, 4) is 0 Å². The third-order valence-corrected chi connectivity index (χ3v) is 4.74. The molecule has 0 unspecified atom stereocenters. The predicted octanol–water partition coefficient (Wildman–Crippen LogP) is 2.24. The Balaban J connectivity index is 1.57. The molecule has 2 aromatic heterocycles. The quantitative estimate of drug-likeness (QED) is 0.798. The highest BCUT2D eigenvalue weighted by molar-refractivity contribution is 5.92. The van der Waals surface area contributed by atoms with Crippen molar-refractivity contribution in [3.63, 3.8) is 0 Å². The summed E-state index contributed by atoms with van der Waals surface area (Å²) in [7, 11) is 1.81. The minimum absolute atomic E-state index is 0.0283. The fourth-order valence-electron chi connectivity index (χ4n) is 3.44. The second-order valence-corrected chi connectivity index (χ2v) is 6.56. The molecular formula is C19H21N5O. The maximum atomic E-state index is 12.9. The van der Waals surface area contributed by atoms with E-state index in [2.05, 4.69) is 27.4 Å². The number of carbonyl (C=O) groups is 1. The molecule has 1 aromatic carbocycles. The Kier molecular flexibility index (Phi) is 3.87. The molecule has 128 valence electrons. The molecule has 0 aliphatic carbocycles. The smallest absolute Gasteiger partial charge is 0.272 e. The Labute approximate surface area is 146 Å². The van der Waals surface area contributed by atoms with Crippen LogP contribution in [-0.2, 0) is 26.4 Å². The van der Waals surface area contributed by atoms with E-state index in [1.165, 1.54) is 5.56 Å². The Hall–Kier alpha value is -2.89. The van der Waals surface area contributed by atoms with Crippen molar-refractivity contribution >= 4 is 5.91 Å². The van der Waals surface area contributed by atoms with Crippen LogP contribution in [0.25, 0.3) is 0 Å². The topological polar surface area (TPSA) is 66.8 Å². The molecule has 0 bridgehead atoms. The first-order valence-corrected chi connectivity index (χ1v) is 8.50. The van der Waals surface area contributed by atoms with E-state index in [4.69, 9.17) is 0 Å². The highest BCUT2D eigenvalue weighted by Gasteiger charge is 2.27. The van der Waals surface area contributed by atoms with Gasteiger partial charge in [0.05, 0.1) is 11.4 Å². The average Bonchev–Trinajstić information content (AvgIpc) is 3.17. The molecule has 25 heavy (non-hydrogen) atoms. The lowest BCUT2D eigenvalue weighted by molar-refractivity contribution is 0.0722. The van der Waals surface area contributed by atoms with Crippen molar-refractivity contribution < 1.29 is 4.79 Å². The fourth-order valence-corrected chi connectivity index (χ4v) is 3.44. The number of nitrogens with zero attached hydrogens (tertiary/aromatic N) is 4. The van der Waals surface area contributed by atoms with Crippen LogP contribution < -0.4 is 0 Å². The Morgan fingerprint density at radius 3 is 2.80 bits per heavy atom. The van der Waals surface area contributed by atoms with Gasteiger partial charge >= 0.3 is 0 Å². The zero-order chi connectivity index (χ0) is 17.4. The highest BCUT2D eigenvalue weighted by Crippen LogP contribution is 2.23. The largest absolute Gasteiger partial charge is 0.332 e. The van der Waals surface area contributed by atoms with Gasteiger partial charge in [0.15, 0.2) is 0 Å². The molecule has 6 heteroatoms. The first-order valence-electron chi connectivity index (χ1n) is 8.50. The van der Waals surface area contributed by atoms with Gasteiger partial charge in [-0.3, -0.25) is 14.6 Å². The van der Waals surface area contributed by atoms with Gasteiger partial charge in [-0.05, 0) is 18.6 Å². The summed E-state index contributed by atoms with van der Waals surface area (Å²) < 4.78 is 1.66. The van der Waals surface area contributed by atoms with Crippen molar-refractivity contribution in [1.29, 1.82) is 0 Å². The summed E-state index contributed by atoms with van der Waals surface area (Å²) in [6.45, 7) is 3.19. The third-order valence-electron chi connectivity index (χ3n) is 4.74. The summed E-state index contributed by atoms with van der Waals surface area (Å²) in [6, 6.07) is 12.1. The van der Waals surface area contributed by atoms with Crippen molar-refractivity contribution in [3.05, 3.63) is 70.3 Å². The van der Waals surface area contributed by atoms with Crippen molar-refractivity contribution in [2.45, 2.75) is 26.3 Å². The minimum atomic E-state index is 0.0283. The lowest BCUT2D eigenvalue weighted by Gasteiger charge is -2.27. The number of hydrogen-bond acceptors (Lipinski definition) is 3. The van der Waals surface area contributed by atoms with Crippen LogP contribution in [0.1, 0.15) is 38.7 Å². The first-order chi connectivity index (χ1) is 12.1. The van der Waals surface area contributed by atoms with Crippen LogP contribution in [0.4, 0.5) is 0 Å². The molecule has 0 atom stereocenters. The number of benzene rings is 1. The second-order valence-electron chi connectivity index (χ2n) is 6.56. The third kappa shape index (κ3) is 2.95. The van der Waals surface area contributed by atoms with Crippen molar-refractivity contribution in [1.82, 2.24) is 24.9 Å². The van der Waals surface area contributed by atoms with Gasteiger partial charge in [0.25, 0.3) is 5.91 Å². The summed E-state index contributed by atoms with van der Waals surface area (Å²) in [6.07, 6.45) is 1.58. The van der Waals surface area contributed by atoms with Gasteiger partial charge in [0.1, 0.15) is 5.69 Å². The molecule has 1 aliphatic heterocycles. The van der Waals surface area contributed by atoms with Crippen molar-refractivity contribution in [2.75, 3.05) is 6.54 Å². The van der Waals surface area contributed by atoms with Crippen LogP contribution in [0.2, 0.25) is 0 Å². The first kappa shape index (κ1) is 15.6. The van der Waals surface area contributed by atoms with Gasteiger partial charge in [0.2, 0.25) is 0 Å². The van der Waals surface area contributed by atoms with Crippen LogP contribution in [0.15, 0.2) is 36.4 Å². The standard InChI is InChI=1S/C19H21N5O/c1-13-10-18(23(2)22-13)19(25)24-9-8-16-15(12-24)17(21-20-16)11-14-6-4-3-5-7-14/h3-7,10H,8-9,11-12H2,1-2H3,(H,20,21). The van der Waals surface area contributed by atoms with Gasteiger partial charge in [-0.25, -0.2) is 0 Å². The molecule has 3 aromatic rings. The number of carbonyl (C=O) groups excluding carboxylic acids is 1. The predicted molar refractivity (Wildman–Crippen MR) is 94.2 cm³/mol. The van der Waals surface area contributed by atoms with E-state index >= 15 is 0 Å². The summed E-state index contributed by atoms with van der Waals surface area (Å²) in [5.41, 5.74) is 6.05. The number of hydrogen-bond donors (Lipinski definition) is 1. The Morgan fingerprint density at radius 2 is 2.08 bits per heavy atom. The Bertz CT molecular complexity index is 909. The van der Waals surface area contributed by atoms with Crippen LogP contribution >= 0.6 is 0 Å². The molecule has 0 radical (unpaired) electrons. The number of amides is 1. The van der Waals surface area contributed by atoms with E-state index < -0.39 is 0 Å². The SMILES string of the molecule is Cc1cc(C(=O)N2CCc3[nH]nc(Cc4ccccc4)c3C2)n(C)n1. The number of H-pyrrole nitrogens is 1. The van der Waals surface area contributed by atoms with E-state index in [0.717, 1.165) is 35.5 Å². The number of aromatic nitrogens is 4. The number of aryl methyl sites for hydroxylation is 2. The highest BCUT2D eigenvalue weighted by atomic mass is 16.2. The Morgan fingerprint density at radius 1 is 1.28 bits per heavy atom. The van der Waals surface area contributed by atoms with E-state index in [1.54, 1.807) is 4.68 Å². The lowest BCUT2D eigenvalue weighted by atomic mass is 10.0. The van der Waals surface area contributed by atoms with Crippen LogP contribution in [0, 0.1) is 6.92 Å². The molecule has 1 aliphatic rings. The second kappa shape index (κ2) is 6.20.